The number of para-hydroxylation sites is 2. The number of carbonyl (C=O) groups excluding carboxylic acids is 1. The van der Waals surface area contributed by atoms with Gasteiger partial charge in [0.2, 0.25) is 0 Å². The Bertz CT molecular complexity index is 1290. The van der Waals surface area contributed by atoms with Crippen LogP contribution in [0.5, 0.6) is 5.75 Å². The lowest BCUT2D eigenvalue weighted by molar-refractivity contribution is 0.0214. The van der Waals surface area contributed by atoms with E-state index < -0.39 is 5.97 Å². The number of esters is 1. The van der Waals surface area contributed by atoms with Gasteiger partial charge in [-0.25, -0.2) is 14.8 Å². The number of hydrogen-bond donors (Lipinski definition) is 1. The van der Waals surface area contributed by atoms with Gasteiger partial charge >= 0.3 is 5.97 Å². The number of nitrogens with zero attached hydrogens (tertiary/aromatic N) is 3. The number of nitrogen functional groups attached to an aromatic ring is 1. The molecule has 0 radical (unpaired) electrons. The van der Waals surface area contributed by atoms with Gasteiger partial charge in [-0.15, -0.1) is 0 Å². The fourth-order valence-electron chi connectivity index (χ4n) is 4.57. The normalized spacial score (nSPS) is 14.6. The molecule has 2 heterocycles. The molecule has 0 bridgehead atoms. The van der Waals surface area contributed by atoms with E-state index in [-0.39, 0.29) is 6.10 Å². The van der Waals surface area contributed by atoms with Crippen LogP contribution in [0.15, 0.2) is 48.5 Å². The Morgan fingerprint density at radius 3 is 2.42 bits per heavy atom. The van der Waals surface area contributed by atoms with Crippen LogP contribution in [0.1, 0.15) is 48.0 Å². The van der Waals surface area contributed by atoms with Gasteiger partial charge in [0.1, 0.15) is 28.8 Å². The molecule has 170 valence electrons. The van der Waals surface area contributed by atoms with E-state index in [2.05, 4.69) is 0 Å². The highest BCUT2D eigenvalue weighted by Crippen LogP contribution is 2.30. The summed E-state index contributed by atoms with van der Waals surface area (Å²) in [5, 5.41) is 0. The minimum atomic E-state index is -0.405. The molecule has 2 aromatic heterocycles. The van der Waals surface area contributed by atoms with Gasteiger partial charge in [0.15, 0.2) is 5.65 Å². The van der Waals surface area contributed by atoms with Crippen LogP contribution in [-0.4, -0.2) is 33.7 Å². The molecule has 0 amide bonds. The number of aromatic nitrogens is 3. The van der Waals surface area contributed by atoms with Crippen LogP contribution in [0.25, 0.3) is 22.2 Å². The molecule has 0 unspecified atom stereocenters. The van der Waals surface area contributed by atoms with Gasteiger partial charge in [0.25, 0.3) is 0 Å². The first kappa shape index (κ1) is 21.2. The number of methoxy groups -OCH3 is 1. The lowest BCUT2D eigenvalue weighted by Gasteiger charge is -2.21. The molecular formula is C26H28N4O3. The summed E-state index contributed by atoms with van der Waals surface area (Å²) in [6.07, 6.45) is 5.83. The van der Waals surface area contributed by atoms with Gasteiger partial charge < -0.3 is 19.8 Å². The second kappa shape index (κ2) is 9.10. The molecule has 5 rings (SSSR count). The molecule has 0 spiro atoms. The van der Waals surface area contributed by atoms with Crippen molar-refractivity contribution in [3.05, 3.63) is 59.7 Å². The van der Waals surface area contributed by atoms with E-state index in [1.807, 2.05) is 53.1 Å². The monoisotopic (exact) mass is 444 g/mol. The summed E-state index contributed by atoms with van der Waals surface area (Å²) in [4.78, 5) is 22.8. The highest BCUT2D eigenvalue weighted by Gasteiger charge is 2.27. The van der Waals surface area contributed by atoms with E-state index >= 15 is 0 Å². The number of carbonyl (C=O) groups is 1. The Labute approximate surface area is 192 Å². The molecule has 1 fully saturated rings. The number of aryl methyl sites for hydroxylation is 2. The second-order valence-electron chi connectivity index (χ2n) is 8.56. The molecule has 33 heavy (non-hydrogen) atoms. The van der Waals surface area contributed by atoms with Gasteiger partial charge in [0, 0.05) is 6.54 Å². The van der Waals surface area contributed by atoms with Crippen LogP contribution >= 0.6 is 0 Å². The minimum Gasteiger partial charge on any atom is -0.497 e. The smallest absolute Gasteiger partial charge is 0.344 e. The molecule has 0 atom stereocenters. The second-order valence-corrected chi connectivity index (χ2v) is 8.56. The number of fused-ring (bicyclic) bond motifs is 2. The van der Waals surface area contributed by atoms with Gasteiger partial charge in [0.05, 0.1) is 18.1 Å². The third kappa shape index (κ3) is 4.23. The van der Waals surface area contributed by atoms with Gasteiger partial charge in [-0.1, -0.05) is 30.7 Å². The lowest BCUT2D eigenvalue weighted by atomic mass is 9.98. The molecule has 4 aromatic rings. The SMILES string of the molecule is COc1ccc(CCn2c(N)c(C(=O)OC3CCCCC3)c3nc4ccccc4nc32)cc1. The van der Waals surface area contributed by atoms with Crippen LogP contribution in [0.3, 0.4) is 0 Å². The zero-order valence-electron chi connectivity index (χ0n) is 18.8. The first-order chi connectivity index (χ1) is 16.1. The first-order valence-electron chi connectivity index (χ1n) is 11.5. The van der Waals surface area contributed by atoms with Crippen molar-refractivity contribution >= 4 is 34.0 Å². The summed E-state index contributed by atoms with van der Waals surface area (Å²) in [5.41, 5.74) is 10.6. The van der Waals surface area contributed by atoms with Crippen LogP contribution in [0, 0.1) is 0 Å². The summed E-state index contributed by atoms with van der Waals surface area (Å²) < 4.78 is 13.0. The van der Waals surface area contributed by atoms with Crippen molar-refractivity contribution in [2.75, 3.05) is 12.8 Å². The van der Waals surface area contributed by atoms with E-state index in [1.54, 1.807) is 7.11 Å². The van der Waals surface area contributed by atoms with E-state index in [0.29, 0.717) is 29.1 Å². The Balaban J connectivity index is 1.53. The van der Waals surface area contributed by atoms with E-state index in [0.717, 1.165) is 54.5 Å². The summed E-state index contributed by atoms with van der Waals surface area (Å²) in [7, 11) is 1.65. The summed E-state index contributed by atoms with van der Waals surface area (Å²) >= 11 is 0. The zero-order chi connectivity index (χ0) is 22.8. The maximum Gasteiger partial charge on any atom is 0.344 e. The predicted molar refractivity (Wildman–Crippen MR) is 128 cm³/mol. The molecular weight excluding hydrogens is 416 g/mol. The fraction of sp³-hybridized carbons (Fsp3) is 0.346. The molecule has 7 heteroatoms. The van der Waals surface area contributed by atoms with E-state index in [4.69, 9.17) is 25.2 Å². The Kier molecular flexibility index (Phi) is 5.86. The Morgan fingerprint density at radius 2 is 1.73 bits per heavy atom. The average Bonchev–Trinajstić information content (AvgIpc) is 3.12. The minimum absolute atomic E-state index is 0.0586. The van der Waals surface area contributed by atoms with Gasteiger partial charge in [-0.05, 0) is 61.9 Å². The topological polar surface area (TPSA) is 92.3 Å². The molecule has 1 aliphatic rings. The largest absolute Gasteiger partial charge is 0.497 e. The van der Waals surface area contributed by atoms with Crippen molar-refractivity contribution in [1.82, 2.24) is 14.5 Å². The van der Waals surface area contributed by atoms with Crippen LogP contribution in [0.4, 0.5) is 5.82 Å². The molecule has 1 aliphatic carbocycles. The van der Waals surface area contributed by atoms with Crippen LogP contribution in [0.2, 0.25) is 0 Å². The summed E-state index contributed by atoms with van der Waals surface area (Å²) in [6, 6.07) is 15.6. The van der Waals surface area contributed by atoms with Crippen molar-refractivity contribution in [2.45, 2.75) is 51.2 Å². The maximum atomic E-state index is 13.2. The highest BCUT2D eigenvalue weighted by molar-refractivity contribution is 6.08. The maximum absolute atomic E-state index is 13.2. The number of benzene rings is 2. The average molecular weight is 445 g/mol. The molecule has 1 saturated carbocycles. The molecule has 2 aromatic carbocycles. The van der Waals surface area contributed by atoms with Crippen molar-refractivity contribution in [3.8, 4) is 5.75 Å². The number of nitrogens with two attached hydrogens (primary N) is 1. The summed E-state index contributed by atoms with van der Waals surface area (Å²) in [6.45, 7) is 0.568. The van der Waals surface area contributed by atoms with Crippen LogP contribution < -0.4 is 10.5 Å². The predicted octanol–water partition coefficient (Wildman–Crippen LogP) is 4.91. The van der Waals surface area contributed by atoms with Crippen molar-refractivity contribution in [3.63, 3.8) is 0 Å². The lowest BCUT2D eigenvalue weighted by Crippen LogP contribution is -2.21. The molecule has 0 saturated heterocycles. The standard InChI is InChI=1S/C26H28N4O3/c1-32-18-13-11-17(12-14-18)15-16-30-24(27)22(26(31)33-19-7-3-2-4-8-19)23-25(30)29-21-10-6-5-9-20(21)28-23/h5-6,9-14,19H,2-4,7-8,15-16,27H2,1H3. The first-order valence-corrected chi connectivity index (χ1v) is 11.5. The zero-order valence-corrected chi connectivity index (χ0v) is 18.8. The number of anilines is 1. The third-order valence-electron chi connectivity index (χ3n) is 6.40. The van der Waals surface area contributed by atoms with E-state index in [1.165, 1.54) is 6.42 Å². The van der Waals surface area contributed by atoms with Crippen LogP contribution in [-0.2, 0) is 17.7 Å². The molecule has 7 nitrogen and oxygen atoms in total. The number of hydrogen-bond acceptors (Lipinski definition) is 6. The highest BCUT2D eigenvalue weighted by atomic mass is 16.5. The third-order valence-corrected chi connectivity index (χ3v) is 6.40. The summed E-state index contributed by atoms with van der Waals surface area (Å²) in [5.74, 6) is 0.765. The van der Waals surface area contributed by atoms with Gasteiger partial charge in [-0.2, -0.15) is 0 Å². The number of rotatable bonds is 6. The Hall–Kier alpha value is -3.61. The fourth-order valence-corrected chi connectivity index (χ4v) is 4.57. The number of ether oxygens (including phenoxy) is 2. The Morgan fingerprint density at radius 1 is 1.03 bits per heavy atom. The quantitative estimate of drug-likeness (QED) is 0.425. The van der Waals surface area contributed by atoms with Crippen molar-refractivity contribution in [2.24, 2.45) is 0 Å². The van der Waals surface area contributed by atoms with Crippen molar-refractivity contribution < 1.29 is 14.3 Å². The molecule has 0 aliphatic heterocycles. The van der Waals surface area contributed by atoms with E-state index in [9.17, 15) is 4.79 Å². The van der Waals surface area contributed by atoms with Crippen molar-refractivity contribution in [1.29, 1.82) is 0 Å². The molecule has 2 N–H and O–H groups in total. The van der Waals surface area contributed by atoms with Gasteiger partial charge in [-0.3, -0.25) is 0 Å².